The number of aromatic amines is 1. The molecule has 3 heterocycles. The monoisotopic (exact) mass is 300 g/mol. The summed E-state index contributed by atoms with van der Waals surface area (Å²) in [4.78, 5) is 5.78. The van der Waals surface area contributed by atoms with Crippen molar-refractivity contribution in [1.29, 1.82) is 0 Å². The van der Waals surface area contributed by atoms with Gasteiger partial charge in [0.05, 0.1) is 6.10 Å². The zero-order chi connectivity index (χ0) is 15.0. The first-order chi connectivity index (χ1) is 10.8. The minimum Gasteiger partial charge on any atom is -0.378 e. The van der Waals surface area contributed by atoms with Gasteiger partial charge in [-0.3, -0.25) is 4.90 Å². The first-order valence-electron chi connectivity index (χ1n) is 8.24. The number of rotatable bonds is 3. The van der Waals surface area contributed by atoms with E-state index in [0.717, 1.165) is 45.5 Å². The summed E-state index contributed by atoms with van der Waals surface area (Å²) in [6, 6.07) is 8.83. The van der Waals surface area contributed by atoms with Crippen molar-refractivity contribution in [1.82, 2.24) is 9.88 Å². The lowest BCUT2D eigenvalue weighted by atomic mass is 9.86. The Balaban J connectivity index is 1.51. The van der Waals surface area contributed by atoms with Crippen LogP contribution in [0.4, 0.5) is 0 Å². The predicted octanol–water partition coefficient (Wildman–Crippen LogP) is 2.94. The van der Waals surface area contributed by atoms with Crippen LogP contribution in [0.5, 0.6) is 0 Å². The lowest BCUT2D eigenvalue weighted by molar-refractivity contribution is -0.145. The molecule has 2 aliphatic heterocycles. The highest BCUT2D eigenvalue weighted by atomic mass is 16.5. The van der Waals surface area contributed by atoms with Crippen molar-refractivity contribution in [3.05, 3.63) is 36.0 Å². The normalized spacial score (nSPS) is 29.6. The molecule has 0 amide bonds. The maximum Gasteiger partial charge on any atom is 0.107 e. The van der Waals surface area contributed by atoms with E-state index in [2.05, 4.69) is 34.1 Å². The molecular weight excluding hydrogens is 276 g/mol. The van der Waals surface area contributed by atoms with E-state index in [9.17, 15) is 0 Å². The van der Waals surface area contributed by atoms with E-state index in [1.807, 2.05) is 13.3 Å². The summed E-state index contributed by atoms with van der Waals surface area (Å²) in [5.41, 5.74) is 2.50. The Hall–Kier alpha value is -1.36. The minimum atomic E-state index is -0.0782. The number of benzene rings is 1. The van der Waals surface area contributed by atoms with E-state index in [4.69, 9.17) is 9.47 Å². The minimum absolute atomic E-state index is 0.0782. The smallest absolute Gasteiger partial charge is 0.107 e. The summed E-state index contributed by atoms with van der Waals surface area (Å²) < 4.78 is 11.9. The second-order valence-corrected chi connectivity index (χ2v) is 6.64. The summed E-state index contributed by atoms with van der Waals surface area (Å²) >= 11 is 0. The first-order valence-corrected chi connectivity index (χ1v) is 8.24. The summed E-state index contributed by atoms with van der Waals surface area (Å²) in [6.45, 7) is 3.93. The predicted molar refractivity (Wildman–Crippen MR) is 86.9 cm³/mol. The first kappa shape index (κ1) is 14.2. The Morgan fingerprint density at radius 1 is 1.41 bits per heavy atom. The largest absolute Gasteiger partial charge is 0.378 e. The van der Waals surface area contributed by atoms with Crippen molar-refractivity contribution in [2.24, 2.45) is 0 Å². The molecule has 0 radical (unpaired) electrons. The van der Waals surface area contributed by atoms with Crippen LogP contribution in [0, 0.1) is 0 Å². The van der Waals surface area contributed by atoms with Gasteiger partial charge in [0, 0.05) is 45.1 Å². The molecule has 1 aromatic carbocycles. The number of fused-ring (bicyclic) bond motifs is 1. The van der Waals surface area contributed by atoms with Crippen molar-refractivity contribution >= 4 is 10.9 Å². The summed E-state index contributed by atoms with van der Waals surface area (Å²) in [6.07, 6.45) is 5.59. The van der Waals surface area contributed by atoms with Crippen molar-refractivity contribution in [2.75, 3.05) is 26.8 Å². The standard InChI is InChI=1S/C18H24N2O2/c1-21-17-6-9-20(13-18(17)7-2-10-22-18)12-14-3-4-16-15(11-14)5-8-19-16/h3-5,8,11,17,19H,2,6-7,9-10,12-13H2,1H3/t17-,18-/m0/s1. The van der Waals surface area contributed by atoms with Gasteiger partial charge in [0.15, 0.2) is 0 Å². The molecule has 118 valence electrons. The average molecular weight is 300 g/mol. The van der Waals surface area contributed by atoms with E-state index >= 15 is 0 Å². The molecule has 0 aliphatic carbocycles. The maximum atomic E-state index is 6.14. The van der Waals surface area contributed by atoms with Gasteiger partial charge in [0.1, 0.15) is 5.60 Å². The van der Waals surface area contributed by atoms with Crippen LogP contribution in [0.1, 0.15) is 24.8 Å². The summed E-state index contributed by atoms with van der Waals surface area (Å²) in [5, 5.41) is 1.29. The van der Waals surface area contributed by atoms with Gasteiger partial charge in [-0.1, -0.05) is 6.07 Å². The third kappa shape index (κ3) is 2.45. The Morgan fingerprint density at radius 3 is 3.18 bits per heavy atom. The number of piperidine rings is 1. The number of ether oxygens (including phenoxy) is 2. The van der Waals surface area contributed by atoms with E-state index in [1.54, 1.807) is 0 Å². The van der Waals surface area contributed by atoms with E-state index in [-0.39, 0.29) is 11.7 Å². The molecule has 4 nitrogen and oxygen atoms in total. The molecule has 2 fully saturated rings. The number of methoxy groups -OCH3 is 1. The molecule has 0 saturated carbocycles. The fourth-order valence-corrected chi connectivity index (χ4v) is 4.15. The molecule has 1 N–H and O–H groups in total. The number of hydrogen-bond donors (Lipinski definition) is 1. The van der Waals surface area contributed by atoms with Crippen LogP contribution in [0.3, 0.4) is 0 Å². The Kier molecular flexibility index (Phi) is 3.68. The fourth-order valence-electron chi connectivity index (χ4n) is 4.15. The topological polar surface area (TPSA) is 37.5 Å². The number of H-pyrrole nitrogens is 1. The lowest BCUT2D eigenvalue weighted by Crippen LogP contribution is -2.56. The van der Waals surface area contributed by atoms with Crippen LogP contribution in [-0.4, -0.2) is 48.4 Å². The quantitative estimate of drug-likeness (QED) is 0.947. The molecule has 1 spiro atoms. The zero-order valence-electron chi connectivity index (χ0n) is 13.2. The van der Waals surface area contributed by atoms with Gasteiger partial charge in [-0.15, -0.1) is 0 Å². The number of nitrogens with zero attached hydrogens (tertiary/aromatic N) is 1. The third-order valence-electron chi connectivity index (χ3n) is 5.23. The molecule has 0 unspecified atom stereocenters. The molecule has 4 heteroatoms. The van der Waals surface area contributed by atoms with Gasteiger partial charge >= 0.3 is 0 Å². The van der Waals surface area contributed by atoms with Gasteiger partial charge in [0.25, 0.3) is 0 Å². The number of likely N-dealkylation sites (tertiary alicyclic amines) is 1. The highest BCUT2D eigenvalue weighted by Gasteiger charge is 2.46. The van der Waals surface area contributed by atoms with Gasteiger partial charge < -0.3 is 14.5 Å². The van der Waals surface area contributed by atoms with Crippen LogP contribution in [-0.2, 0) is 16.0 Å². The Labute approximate surface area is 131 Å². The van der Waals surface area contributed by atoms with Crippen molar-refractivity contribution < 1.29 is 9.47 Å². The highest BCUT2D eigenvalue weighted by molar-refractivity contribution is 5.79. The average Bonchev–Trinajstić information content (AvgIpc) is 3.17. The summed E-state index contributed by atoms with van der Waals surface area (Å²) in [7, 11) is 1.82. The van der Waals surface area contributed by atoms with Crippen LogP contribution < -0.4 is 0 Å². The van der Waals surface area contributed by atoms with Crippen LogP contribution >= 0.6 is 0 Å². The summed E-state index contributed by atoms with van der Waals surface area (Å²) in [5.74, 6) is 0. The number of hydrogen-bond acceptors (Lipinski definition) is 3. The molecule has 2 saturated heterocycles. The molecule has 1 aromatic heterocycles. The second kappa shape index (κ2) is 5.69. The molecule has 22 heavy (non-hydrogen) atoms. The molecule has 4 rings (SSSR count). The molecule has 2 atom stereocenters. The molecular formula is C18H24N2O2. The van der Waals surface area contributed by atoms with Gasteiger partial charge in [-0.2, -0.15) is 0 Å². The van der Waals surface area contributed by atoms with Crippen LogP contribution in [0.2, 0.25) is 0 Å². The van der Waals surface area contributed by atoms with Crippen LogP contribution in [0.15, 0.2) is 30.5 Å². The number of aromatic nitrogens is 1. The SMILES string of the molecule is CO[C@H]1CCN(Cc2ccc3[nH]ccc3c2)C[C@@]12CCCO2. The maximum absolute atomic E-state index is 6.14. The lowest BCUT2D eigenvalue weighted by Gasteiger charge is -2.44. The Morgan fingerprint density at radius 2 is 2.36 bits per heavy atom. The third-order valence-corrected chi connectivity index (χ3v) is 5.23. The van der Waals surface area contributed by atoms with E-state index in [0.29, 0.717) is 0 Å². The van der Waals surface area contributed by atoms with Crippen molar-refractivity contribution in [2.45, 2.75) is 37.5 Å². The van der Waals surface area contributed by atoms with Gasteiger partial charge in [0.2, 0.25) is 0 Å². The van der Waals surface area contributed by atoms with E-state index in [1.165, 1.54) is 16.5 Å². The Bertz CT molecular complexity index is 645. The van der Waals surface area contributed by atoms with Gasteiger partial charge in [-0.05, 0) is 48.4 Å². The van der Waals surface area contributed by atoms with E-state index < -0.39 is 0 Å². The second-order valence-electron chi connectivity index (χ2n) is 6.64. The van der Waals surface area contributed by atoms with Crippen LogP contribution in [0.25, 0.3) is 10.9 Å². The zero-order valence-corrected chi connectivity index (χ0v) is 13.2. The van der Waals surface area contributed by atoms with Gasteiger partial charge in [-0.25, -0.2) is 0 Å². The molecule has 0 bridgehead atoms. The fraction of sp³-hybridized carbons (Fsp3) is 0.556. The highest BCUT2D eigenvalue weighted by Crippen LogP contribution is 2.36. The number of nitrogens with one attached hydrogen (secondary N) is 1. The molecule has 2 aromatic rings. The van der Waals surface area contributed by atoms with Crippen molar-refractivity contribution in [3.8, 4) is 0 Å². The molecule has 2 aliphatic rings. The van der Waals surface area contributed by atoms with Crippen molar-refractivity contribution in [3.63, 3.8) is 0 Å².